The highest BCUT2D eigenvalue weighted by atomic mass is 27.3. The van der Waals surface area contributed by atoms with E-state index < -0.39 is 15.1 Å². The summed E-state index contributed by atoms with van der Waals surface area (Å²) in [6.45, 7) is 0. The summed E-state index contributed by atoms with van der Waals surface area (Å²) in [7, 11) is 0. The largest absolute Gasteiger partial charge is 1.20 e. The van der Waals surface area contributed by atoms with Crippen LogP contribution in [0.5, 0.6) is 17.2 Å². The van der Waals surface area contributed by atoms with Gasteiger partial charge in [-0.25, -0.2) is 9.98 Å². The SMILES string of the molecule is C1=Nc2c(oc3ccccc23)/N=C/c2ccccc2[O][Al]([O]c2ccc(-c3ccccc3)cc2)[O]c2ccccc21. The second kappa shape index (κ2) is 11.2. The number of benzene rings is 5. The highest BCUT2D eigenvalue weighted by Crippen LogP contribution is 2.40. The lowest BCUT2D eigenvalue weighted by Crippen LogP contribution is -2.37. The maximum atomic E-state index is 6.48. The van der Waals surface area contributed by atoms with Crippen molar-refractivity contribution in [1.82, 2.24) is 0 Å². The van der Waals surface area contributed by atoms with E-state index in [0.717, 1.165) is 27.6 Å². The molecule has 0 N–H and O–H groups in total. The lowest BCUT2D eigenvalue weighted by Gasteiger charge is -2.18. The third-order valence-corrected chi connectivity index (χ3v) is 8.04. The smallest absolute Gasteiger partial charge is 0.577 e. The molecule has 41 heavy (non-hydrogen) atoms. The van der Waals surface area contributed by atoms with Crippen molar-refractivity contribution >= 4 is 50.1 Å². The number of furan rings is 1. The highest BCUT2D eigenvalue weighted by molar-refractivity contribution is 6.39. The fourth-order valence-corrected chi connectivity index (χ4v) is 6.00. The van der Waals surface area contributed by atoms with Crippen LogP contribution in [-0.2, 0) is 0 Å². The summed E-state index contributed by atoms with van der Waals surface area (Å²) in [5.41, 5.74) is 5.15. The Bertz CT molecular complexity index is 1880. The highest BCUT2D eigenvalue weighted by Gasteiger charge is 2.45. The summed E-state index contributed by atoms with van der Waals surface area (Å²) in [4.78, 5) is 9.49. The summed E-state index contributed by atoms with van der Waals surface area (Å²) < 4.78 is 25.4. The van der Waals surface area contributed by atoms with Gasteiger partial charge in [-0.05, 0) is 59.7 Å². The van der Waals surface area contributed by atoms with Crippen LogP contribution in [-0.4, -0.2) is 27.6 Å². The Morgan fingerprint density at radius 3 is 1.85 bits per heavy atom. The first-order valence-corrected chi connectivity index (χ1v) is 14.6. The van der Waals surface area contributed by atoms with E-state index in [1.165, 1.54) is 0 Å². The molecule has 2 heterocycles. The molecule has 7 heteroatoms. The lowest BCUT2D eigenvalue weighted by molar-refractivity contribution is 0.307. The van der Waals surface area contributed by atoms with Crippen LogP contribution < -0.4 is 11.4 Å². The van der Waals surface area contributed by atoms with Gasteiger partial charge in [0.1, 0.15) is 11.3 Å². The summed E-state index contributed by atoms with van der Waals surface area (Å²) in [5, 5.41) is 0.878. The average Bonchev–Trinajstić information content (AvgIpc) is 3.38. The van der Waals surface area contributed by atoms with Crippen molar-refractivity contribution < 1.29 is 15.8 Å². The number of para-hydroxylation sites is 3. The Morgan fingerprint density at radius 1 is 0.537 bits per heavy atom. The minimum Gasteiger partial charge on any atom is -0.577 e. The number of nitrogens with zero attached hydrogens (tertiary/aromatic N) is 2. The molecule has 196 valence electrons. The van der Waals surface area contributed by atoms with Crippen LogP contribution in [0.15, 0.2) is 142 Å². The van der Waals surface area contributed by atoms with Crippen LogP contribution in [0.3, 0.4) is 0 Å². The van der Waals surface area contributed by atoms with Crippen molar-refractivity contribution in [3.05, 3.63) is 139 Å². The van der Waals surface area contributed by atoms with Gasteiger partial charge in [-0.15, -0.1) is 0 Å². The third-order valence-electron chi connectivity index (χ3n) is 6.68. The van der Waals surface area contributed by atoms with Gasteiger partial charge in [0.05, 0.1) is 17.2 Å². The van der Waals surface area contributed by atoms with Crippen LogP contribution in [0.1, 0.15) is 11.1 Å². The molecule has 0 atom stereocenters. The van der Waals surface area contributed by atoms with Gasteiger partial charge in [0.15, 0.2) is 0 Å². The predicted molar refractivity (Wildman–Crippen MR) is 163 cm³/mol. The lowest BCUT2D eigenvalue weighted by atomic mass is 10.1. The number of hydrogen-bond donors (Lipinski definition) is 0. The molecule has 0 aliphatic carbocycles. The Morgan fingerprint density at radius 2 is 1.12 bits per heavy atom. The van der Waals surface area contributed by atoms with E-state index in [9.17, 15) is 0 Å². The van der Waals surface area contributed by atoms with Gasteiger partial charge in [0.2, 0.25) is 5.88 Å². The molecule has 0 radical (unpaired) electrons. The molecule has 0 spiro atoms. The number of aliphatic imine (C=N–C) groups is 2. The van der Waals surface area contributed by atoms with Crippen molar-refractivity contribution in [2.45, 2.75) is 0 Å². The van der Waals surface area contributed by atoms with E-state index in [2.05, 4.69) is 17.1 Å². The molecule has 5 aromatic carbocycles. The zero-order valence-electron chi connectivity index (χ0n) is 21.9. The molecule has 0 saturated carbocycles. The third kappa shape index (κ3) is 5.37. The molecule has 0 saturated heterocycles. The van der Waals surface area contributed by atoms with Gasteiger partial charge in [-0.1, -0.05) is 78.9 Å². The Hall–Kier alpha value is -5.09. The van der Waals surface area contributed by atoms with Crippen LogP contribution >= 0.6 is 0 Å². The van der Waals surface area contributed by atoms with Gasteiger partial charge in [-0.2, -0.15) is 0 Å². The topological polar surface area (TPSA) is 65.6 Å². The van der Waals surface area contributed by atoms with Gasteiger partial charge in [-0.3, -0.25) is 0 Å². The van der Waals surface area contributed by atoms with E-state index in [1.807, 2.05) is 115 Å². The van der Waals surface area contributed by atoms with Crippen LogP contribution in [0, 0.1) is 0 Å². The van der Waals surface area contributed by atoms with E-state index in [-0.39, 0.29) is 0 Å². The van der Waals surface area contributed by atoms with Crippen molar-refractivity contribution in [2.24, 2.45) is 9.98 Å². The number of rotatable bonds is 3. The molecule has 1 aliphatic heterocycles. The van der Waals surface area contributed by atoms with Crippen LogP contribution in [0.25, 0.3) is 22.1 Å². The summed E-state index contributed by atoms with van der Waals surface area (Å²) in [6.07, 6.45) is 3.48. The predicted octanol–water partition coefficient (Wildman–Crippen LogP) is 8.44. The minimum absolute atomic E-state index is 0.415. The molecule has 1 aliphatic rings. The van der Waals surface area contributed by atoms with Crippen molar-refractivity contribution in [3.8, 4) is 28.4 Å². The summed E-state index contributed by atoms with van der Waals surface area (Å²) >= 11 is -2.84. The first-order chi connectivity index (χ1) is 20.3. The quantitative estimate of drug-likeness (QED) is 0.208. The average molecular weight is 551 g/mol. The molecule has 0 fully saturated rings. The van der Waals surface area contributed by atoms with Crippen LogP contribution in [0.2, 0.25) is 0 Å². The second-order valence-electron chi connectivity index (χ2n) is 9.38. The molecule has 0 amide bonds. The Balaban J connectivity index is 1.28. The monoisotopic (exact) mass is 550 g/mol. The number of fused-ring (bicyclic) bond motifs is 5. The van der Waals surface area contributed by atoms with Crippen molar-refractivity contribution in [1.29, 1.82) is 0 Å². The zero-order chi connectivity index (χ0) is 27.4. The fourth-order valence-electron chi connectivity index (χ4n) is 4.63. The summed E-state index contributed by atoms with van der Waals surface area (Å²) in [6, 6.07) is 41.3. The van der Waals surface area contributed by atoms with Crippen LogP contribution in [0.4, 0.5) is 11.6 Å². The van der Waals surface area contributed by atoms with E-state index in [0.29, 0.717) is 34.4 Å². The van der Waals surface area contributed by atoms with Gasteiger partial charge in [0, 0.05) is 28.9 Å². The molecule has 0 bridgehead atoms. The molecular weight excluding hydrogens is 527 g/mol. The molecule has 0 unspecified atom stereocenters. The van der Waals surface area contributed by atoms with Gasteiger partial charge in [0.25, 0.3) is 0 Å². The fraction of sp³-hybridized carbons (Fsp3) is 0. The normalized spacial score (nSPS) is 13.3. The van der Waals surface area contributed by atoms with Crippen molar-refractivity contribution in [3.63, 3.8) is 0 Å². The Labute approximate surface area is 242 Å². The molecule has 6 aromatic rings. The minimum atomic E-state index is -2.84. The maximum absolute atomic E-state index is 6.48. The summed E-state index contributed by atoms with van der Waals surface area (Å²) in [5.74, 6) is 2.29. The Kier molecular flexibility index (Phi) is 6.80. The first kappa shape index (κ1) is 24.9. The van der Waals surface area contributed by atoms with Crippen molar-refractivity contribution in [2.75, 3.05) is 0 Å². The molecule has 1 aromatic heterocycles. The standard InChI is InChI=1S/C22H16N2O3.C12H10O.Al/c25-18-10-4-1-7-15(18)13-23-21-17-9-3-6-12-20(17)27-22(21)24-14-16-8-2-5-11-19(16)26;13-12-8-6-11(7-9-12)10-4-2-1-3-5-10;/h1-14,25-26H;1-9,13H;/q;;+3/p-3/b23-13?,24-14+;;. The first-order valence-electron chi connectivity index (χ1n) is 13.2. The maximum Gasteiger partial charge on any atom is 1.20 e. The van der Waals surface area contributed by atoms with E-state index in [4.69, 9.17) is 20.8 Å². The molecule has 6 nitrogen and oxygen atoms in total. The zero-order valence-corrected chi connectivity index (χ0v) is 23.0. The molecular formula is C34H23AlN2O4. The van der Waals surface area contributed by atoms with Gasteiger partial charge < -0.3 is 15.8 Å². The number of hydrogen-bond acceptors (Lipinski definition) is 6. The van der Waals surface area contributed by atoms with E-state index >= 15 is 0 Å². The molecule has 7 rings (SSSR count). The second-order valence-corrected chi connectivity index (χ2v) is 10.7. The van der Waals surface area contributed by atoms with E-state index in [1.54, 1.807) is 12.4 Å². The van der Waals surface area contributed by atoms with Gasteiger partial charge >= 0.3 is 15.1 Å².